The van der Waals surface area contributed by atoms with Crippen molar-refractivity contribution in [2.24, 2.45) is 11.8 Å². The molecule has 2 heteroatoms. The molecule has 0 aromatic carbocycles. The fourth-order valence-electron chi connectivity index (χ4n) is 0.964. The molecule has 0 bridgehead atoms. The van der Waals surface area contributed by atoms with Crippen molar-refractivity contribution in [1.29, 1.82) is 0 Å². The number of nitrogens with zero attached hydrogens (tertiary/aromatic N) is 1. The monoisotopic (exact) mass is 159 g/mol. The van der Waals surface area contributed by atoms with E-state index in [-0.39, 0.29) is 6.61 Å². The van der Waals surface area contributed by atoms with E-state index < -0.39 is 0 Å². The molecule has 68 valence electrons. The zero-order valence-corrected chi connectivity index (χ0v) is 8.17. The van der Waals surface area contributed by atoms with Crippen LogP contribution in [0.1, 0.15) is 20.8 Å². The van der Waals surface area contributed by atoms with E-state index in [4.69, 9.17) is 5.11 Å². The molecule has 0 aliphatic carbocycles. The van der Waals surface area contributed by atoms with Crippen LogP contribution in [-0.2, 0) is 0 Å². The summed E-state index contributed by atoms with van der Waals surface area (Å²) in [4.78, 5) is 2.17. The van der Waals surface area contributed by atoms with Crippen molar-refractivity contribution in [3.8, 4) is 0 Å². The van der Waals surface area contributed by atoms with Gasteiger partial charge in [0.15, 0.2) is 0 Å². The van der Waals surface area contributed by atoms with Crippen molar-refractivity contribution in [3.05, 3.63) is 0 Å². The number of likely N-dealkylation sites (N-methyl/N-ethyl adjacent to an activating group) is 1. The molecule has 11 heavy (non-hydrogen) atoms. The molecule has 0 aromatic heterocycles. The lowest BCUT2D eigenvalue weighted by atomic mass is 9.98. The molecule has 0 aliphatic rings. The highest BCUT2D eigenvalue weighted by Crippen LogP contribution is 2.09. The third kappa shape index (κ3) is 5.22. The standard InChI is InChI=1S/C9H21NO/c1-8(2)9(3)7-10(4)5-6-11/h8-9,11H,5-7H2,1-4H3. The van der Waals surface area contributed by atoms with Gasteiger partial charge in [0, 0.05) is 13.1 Å². The molecular formula is C9H21NO. The van der Waals surface area contributed by atoms with Gasteiger partial charge in [-0.1, -0.05) is 20.8 Å². The van der Waals surface area contributed by atoms with E-state index in [2.05, 4.69) is 32.7 Å². The average Bonchev–Trinajstić information content (AvgIpc) is 1.87. The number of hydrogen-bond donors (Lipinski definition) is 1. The Morgan fingerprint density at radius 2 is 1.82 bits per heavy atom. The first-order valence-electron chi connectivity index (χ1n) is 4.37. The summed E-state index contributed by atoms with van der Waals surface area (Å²) in [7, 11) is 2.05. The Balaban J connectivity index is 3.48. The first-order valence-corrected chi connectivity index (χ1v) is 4.37. The molecule has 0 rings (SSSR count). The number of aliphatic hydroxyl groups excluding tert-OH is 1. The smallest absolute Gasteiger partial charge is 0.0558 e. The van der Waals surface area contributed by atoms with E-state index in [1.807, 2.05) is 0 Å². The molecule has 0 heterocycles. The Labute approximate surface area is 70.2 Å². The van der Waals surface area contributed by atoms with Gasteiger partial charge in [0.1, 0.15) is 0 Å². The van der Waals surface area contributed by atoms with Gasteiger partial charge in [-0.15, -0.1) is 0 Å². The SMILES string of the molecule is CC(C)C(C)CN(C)CCO. The Morgan fingerprint density at radius 3 is 2.18 bits per heavy atom. The molecule has 0 aromatic rings. The van der Waals surface area contributed by atoms with Gasteiger partial charge < -0.3 is 10.0 Å². The summed E-state index contributed by atoms with van der Waals surface area (Å²) < 4.78 is 0. The van der Waals surface area contributed by atoms with Gasteiger partial charge in [0.25, 0.3) is 0 Å². The van der Waals surface area contributed by atoms with Crippen molar-refractivity contribution >= 4 is 0 Å². The molecule has 0 spiro atoms. The normalized spacial score (nSPS) is 14.5. The van der Waals surface area contributed by atoms with Gasteiger partial charge >= 0.3 is 0 Å². The molecule has 0 fully saturated rings. The van der Waals surface area contributed by atoms with Crippen LogP contribution >= 0.6 is 0 Å². The Kier molecular flexibility index (Phi) is 5.51. The average molecular weight is 159 g/mol. The van der Waals surface area contributed by atoms with Gasteiger partial charge in [-0.3, -0.25) is 0 Å². The Hall–Kier alpha value is -0.0800. The van der Waals surface area contributed by atoms with Crippen LogP contribution in [0.15, 0.2) is 0 Å². The van der Waals surface area contributed by atoms with Crippen molar-refractivity contribution in [1.82, 2.24) is 4.90 Å². The lowest BCUT2D eigenvalue weighted by molar-refractivity contribution is 0.192. The second-order valence-corrected chi connectivity index (χ2v) is 3.71. The third-order valence-corrected chi connectivity index (χ3v) is 2.22. The highest BCUT2D eigenvalue weighted by Gasteiger charge is 2.08. The lowest BCUT2D eigenvalue weighted by Gasteiger charge is -2.22. The van der Waals surface area contributed by atoms with Crippen LogP contribution in [0.4, 0.5) is 0 Å². The maximum absolute atomic E-state index is 8.65. The molecule has 1 atom stereocenters. The molecule has 0 amide bonds. The largest absolute Gasteiger partial charge is 0.395 e. The van der Waals surface area contributed by atoms with Gasteiger partial charge in [0.2, 0.25) is 0 Å². The van der Waals surface area contributed by atoms with Crippen LogP contribution in [-0.4, -0.2) is 36.8 Å². The summed E-state index contributed by atoms with van der Waals surface area (Å²) in [6.07, 6.45) is 0. The van der Waals surface area contributed by atoms with Crippen LogP contribution in [0.5, 0.6) is 0 Å². The summed E-state index contributed by atoms with van der Waals surface area (Å²) in [5, 5.41) is 8.65. The van der Waals surface area contributed by atoms with Crippen molar-refractivity contribution in [2.45, 2.75) is 20.8 Å². The summed E-state index contributed by atoms with van der Waals surface area (Å²) in [6.45, 7) is 8.85. The van der Waals surface area contributed by atoms with Crippen molar-refractivity contribution in [2.75, 3.05) is 26.7 Å². The van der Waals surface area contributed by atoms with E-state index in [1.54, 1.807) is 0 Å². The summed E-state index contributed by atoms with van der Waals surface area (Å²) in [5.41, 5.74) is 0. The van der Waals surface area contributed by atoms with Crippen molar-refractivity contribution in [3.63, 3.8) is 0 Å². The molecule has 0 saturated carbocycles. The second-order valence-electron chi connectivity index (χ2n) is 3.71. The summed E-state index contributed by atoms with van der Waals surface area (Å²) in [5.74, 6) is 1.45. The minimum absolute atomic E-state index is 0.265. The first-order chi connectivity index (χ1) is 5.07. The predicted octanol–water partition coefficient (Wildman–Crippen LogP) is 1.20. The number of hydrogen-bond acceptors (Lipinski definition) is 2. The van der Waals surface area contributed by atoms with E-state index in [0.717, 1.165) is 19.0 Å². The third-order valence-electron chi connectivity index (χ3n) is 2.22. The lowest BCUT2D eigenvalue weighted by Crippen LogP contribution is -2.29. The van der Waals surface area contributed by atoms with Crippen LogP contribution in [0.25, 0.3) is 0 Å². The number of rotatable bonds is 5. The molecule has 0 saturated heterocycles. The minimum Gasteiger partial charge on any atom is -0.395 e. The van der Waals surface area contributed by atoms with Crippen LogP contribution in [0.2, 0.25) is 0 Å². The van der Waals surface area contributed by atoms with E-state index in [9.17, 15) is 0 Å². The fraction of sp³-hybridized carbons (Fsp3) is 1.00. The highest BCUT2D eigenvalue weighted by molar-refractivity contribution is 4.61. The molecule has 0 radical (unpaired) electrons. The Morgan fingerprint density at radius 1 is 1.27 bits per heavy atom. The van der Waals surface area contributed by atoms with Crippen molar-refractivity contribution < 1.29 is 5.11 Å². The van der Waals surface area contributed by atoms with Gasteiger partial charge in [-0.2, -0.15) is 0 Å². The quantitative estimate of drug-likeness (QED) is 0.651. The molecular weight excluding hydrogens is 138 g/mol. The predicted molar refractivity (Wildman–Crippen MR) is 48.6 cm³/mol. The van der Waals surface area contributed by atoms with Gasteiger partial charge in [-0.05, 0) is 18.9 Å². The van der Waals surface area contributed by atoms with E-state index in [1.165, 1.54) is 0 Å². The topological polar surface area (TPSA) is 23.5 Å². The maximum Gasteiger partial charge on any atom is 0.0558 e. The summed E-state index contributed by atoms with van der Waals surface area (Å²) >= 11 is 0. The Bertz CT molecular complexity index is 93.6. The molecule has 1 N–H and O–H groups in total. The van der Waals surface area contributed by atoms with Gasteiger partial charge in [-0.25, -0.2) is 0 Å². The van der Waals surface area contributed by atoms with E-state index in [0.29, 0.717) is 5.92 Å². The maximum atomic E-state index is 8.65. The van der Waals surface area contributed by atoms with E-state index >= 15 is 0 Å². The van der Waals surface area contributed by atoms with Crippen LogP contribution in [0, 0.1) is 11.8 Å². The van der Waals surface area contributed by atoms with Crippen LogP contribution in [0.3, 0.4) is 0 Å². The molecule has 0 aliphatic heterocycles. The second kappa shape index (κ2) is 5.56. The summed E-state index contributed by atoms with van der Waals surface area (Å²) in [6, 6.07) is 0. The van der Waals surface area contributed by atoms with Crippen LogP contribution < -0.4 is 0 Å². The zero-order valence-electron chi connectivity index (χ0n) is 8.17. The first kappa shape index (κ1) is 10.9. The fourth-order valence-corrected chi connectivity index (χ4v) is 0.964. The number of aliphatic hydroxyl groups is 1. The zero-order chi connectivity index (χ0) is 8.85. The van der Waals surface area contributed by atoms with Gasteiger partial charge in [0.05, 0.1) is 6.61 Å². The minimum atomic E-state index is 0.265. The molecule has 2 nitrogen and oxygen atoms in total. The molecule has 1 unspecified atom stereocenters. The highest BCUT2D eigenvalue weighted by atomic mass is 16.3.